The number of nitrogens with one attached hydrogen (secondary N) is 1. The van der Waals surface area contributed by atoms with Gasteiger partial charge < -0.3 is 30.2 Å². The van der Waals surface area contributed by atoms with Crippen LogP contribution in [0.4, 0.5) is 17.2 Å². The fourth-order valence-electron chi connectivity index (χ4n) is 4.39. The topological polar surface area (TPSA) is 127 Å². The molecular formula is C24H27N5O4. The summed E-state index contributed by atoms with van der Waals surface area (Å²) in [4.78, 5) is 23.5. The van der Waals surface area contributed by atoms with Gasteiger partial charge in [-0.25, -0.2) is 9.97 Å². The second kappa shape index (κ2) is 8.08. The number of nitrogen functional groups attached to an aromatic ring is 1. The zero-order valence-corrected chi connectivity index (χ0v) is 18.7. The molecule has 0 spiro atoms. The quantitative estimate of drug-likeness (QED) is 0.554. The van der Waals surface area contributed by atoms with Crippen LogP contribution >= 0.6 is 0 Å². The number of oxazole rings is 1. The molecule has 172 valence electrons. The van der Waals surface area contributed by atoms with E-state index in [9.17, 15) is 9.90 Å². The van der Waals surface area contributed by atoms with E-state index in [2.05, 4.69) is 20.2 Å². The molecule has 1 saturated heterocycles. The van der Waals surface area contributed by atoms with Gasteiger partial charge in [0.1, 0.15) is 23.4 Å². The molecule has 1 fully saturated rings. The third-order valence-corrected chi connectivity index (χ3v) is 6.00. The predicted molar refractivity (Wildman–Crippen MR) is 124 cm³/mol. The highest BCUT2D eigenvalue weighted by molar-refractivity contribution is 6.05. The molecule has 4 N–H and O–H groups in total. The van der Waals surface area contributed by atoms with E-state index in [1.165, 1.54) is 6.26 Å². The Morgan fingerprint density at radius 1 is 1.27 bits per heavy atom. The van der Waals surface area contributed by atoms with Gasteiger partial charge in [0, 0.05) is 42.9 Å². The normalized spacial score (nSPS) is 17.5. The number of pyridine rings is 1. The number of carbonyl (C=O) groups is 1. The second-order valence-corrected chi connectivity index (χ2v) is 9.20. The van der Waals surface area contributed by atoms with Crippen molar-refractivity contribution in [2.24, 2.45) is 0 Å². The third-order valence-electron chi connectivity index (χ3n) is 6.00. The number of nitrogens with zero attached hydrogens (tertiary/aromatic N) is 3. The molecule has 1 aromatic carbocycles. The van der Waals surface area contributed by atoms with Crippen molar-refractivity contribution in [3.05, 3.63) is 48.0 Å². The number of piperidine rings is 1. The van der Waals surface area contributed by atoms with Crippen LogP contribution in [0.3, 0.4) is 0 Å². The van der Waals surface area contributed by atoms with Gasteiger partial charge in [0.25, 0.3) is 5.91 Å². The zero-order chi connectivity index (χ0) is 23.2. The molecule has 5 rings (SSSR count). The SMILES string of the molecule is CC1(C)Cc2cc(NC(=O)c3coc(-c4ccnc(N)c4)n3)c(N3CCC(O)CC3)cc2O1. The monoisotopic (exact) mass is 449 g/mol. The van der Waals surface area contributed by atoms with Gasteiger partial charge >= 0.3 is 0 Å². The lowest BCUT2D eigenvalue weighted by atomic mass is 10.00. The lowest BCUT2D eigenvalue weighted by Crippen LogP contribution is -2.36. The summed E-state index contributed by atoms with van der Waals surface area (Å²) in [6.45, 7) is 5.49. The number of nitrogens with two attached hydrogens (primary N) is 1. The van der Waals surface area contributed by atoms with Crippen LogP contribution in [-0.4, -0.2) is 45.8 Å². The number of ether oxygens (including phenoxy) is 1. The summed E-state index contributed by atoms with van der Waals surface area (Å²) >= 11 is 0. The first-order chi connectivity index (χ1) is 15.8. The summed E-state index contributed by atoms with van der Waals surface area (Å²) in [6, 6.07) is 7.33. The van der Waals surface area contributed by atoms with Crippen molar-refractivity contribution >= 4 is 23.1 Å². The maximum absolute atomic E-state index is 13.1. The number of aliphatic hydroxyl groups excluding tert-OH is 1. The van der Waals surface area contributed by atoms with E-state index in [1.807, 2.05) is 26.0 Å². The number of anilines is 3. The Kier molecular flexibility index (Phi) is 5.20. The van der Waals surface area contributed by atoms with Gasteiger partial charge in [0.2, 0.25) is 5.89 Å². The molecule has 2 aromatic heterocycles. The molecule has 0 saturated carbocycles. The number of aliphatic hydroxyl groups is 1. The van der Waals surface area contributed by atoms with Gasteiger partial charge in [-0.15, -0.1) is 0 Å². The average molecular weight is 450 g/mol. The Hall–Kier alpha value is -3.59. The highest BCUT2D eigenvalue weighted by Gasteiger charge is 2.32. The molecule has 1 amide bonds. The molecule has 0 unspecified atom stereocenters. The Labute approximate surface area is 191 Å². The Morgan fingerprint density at radius 3 is 2.82 bits per heavy atom. The molecule has 9 nitrogen and oxygen atoms in total. The molecule has 0 bridgehead atoms. The third kappa shape index (κ3) is 4.36. The Bertz CT molecular complexity index is 1200. The minimum Gasteiger partial charge on any atom is -0.487 e. The minimum atomic E-state index is -0.372. The first-order valence-corrected chi connectivity index (χ1v) is 11.1. The van der Waals surface area contributed by atoms with Crippen molar-refractivity contribution in [2.75, 3.05) is 29.0 Å². The van der Waals surface area contributed by atoms with Crippen LogP contribution in [0.25, 0.3) is 11.5 Å². The highest BCUT2D eigenvalue weighted by atomic mass is 16.5. The molecule has 0 radical (unpaired) electrons. The van der Waals surface area contributed by atoms with Crippen LogP contribution in [0.5, 0.6) is 5.75 Å². The number of aromatic nitrogens is 2. The van der Waals surface area contributed by atoms with Crippen molar-refractivity contribution in [1.29, 1.82) is 0 Å². The summed E-state index contributed by atoms with van der Waals surface area (Å²) in [5.74, 6) is 1.10. The van der Waals surface area contributed by atoms with Crippen LogP contribution in [0.2, 0.25) is 0 Å². The van der Waals surface area contributed by atoms with Crippen LogP contribution in [0, 0.1) is 0 Å². The van der Waals surface area contributed by atoms with Gasteiger partial charge in [0.05, 0.1) is 17.5 Å². The number of benzene rings is 1. The smallest absolute Gasteiger partial charge is 0.277 e. The number of rotatable bonds is 4. The van der Waals surface area contributed by atoms with Crippen LogP contribution < -0.4 is 20.7 Å². The van der Waals surface area contributed by atoms with Gasteiger partial charge in [-0.05, 0) is 44.9 Å². The van der Waals surface area contributed by atoms with E-state index in [1.54, 1.807) is 18.3 Å². The molecule has 4 heterocycles. The lowest BCUT2D eigenvalue weighted by Gasteiger charge is -2.33. The zero-order valence-electron chi connectivity index (χ0n) is 18.7. The summed E-state index contributed by atoms with van der Waals surface area (Å²) in [5, 5.41) is 12.9. The van der Waals surface area contributed by atoms with Crippen LogP contribution in [-0.2, 0) is 6.42 Å². The number of hydrogen-bond acceptors (Lipinski definition) is 8. The van der Waals surface area contributed by atoms with E-state index >= 15 is 0 Å². The lowest BCUT2D eigenvalue weighted by molar-refractivity contribution is 0.102. The van der Waals surface area contributed by atoms with Gasteiger partial charge in [-0.1, -0.05) is 0 Å². The fourth-order valence-corrected chi connectivity index (χ4v) is 4.39. The van der Waals surface area contributed by atoms with Gasteiger partial charge in [-0.2, -0.15) is 0 Å². The van der Waals surface area contributed by atoms with Crippen LogP contribution in [0.15, 0.2) is 41.1 Å². The number of amides is 1. The molecule has 3 aromatic rings. The maximum Gasteiger partial charge on any atom is 0.277 e. The standard InChI is InChI=1S/C24H27N5O4/c1-24(2)12-15-9-17(19(11-20(15)33-24)29-7-4-16(30)5-8-29)27-22(31)18-13-32-23(28-18)14-3-6-26-21(25)10-14/h3,6,9-11,13,16,30H,4-5,7-8,12H2,1-2H3,(H2,25,26)(H,27,31). The molecule has 2 aliphatic rings. The van der Waals surface area contributed by atoms with Gasteiger partial charge in [0.15, 0.2) is 5.69 Å². The van der Waals surface area contributed by atoms with Crippen molar-refractivity contribution in [1.82, 2.24) is 9.97 Å². The summed E-state index contributed by atoms with van der Waals surface area (Å²) in [5.41, 5.74) is 8.85. The Morgan fingerprint density at radius 2 is 2.06 bits per heavy atom. The molecule has 9 heteroatoms. The van der Waals surface area contributed by atoms with Crippen molar-refractivity contribution in [3.63, 3.8) is 0 Å². The van der Waals surface area contributed by atoms with Crippen LogP contribution in [0.1, 0.15) is 42.7 Å². The first kappa shape index (κ1) is 21.3. The second-order valence-electron chi connectivity index (χ2n) is 9.20. The molecule has 2 aliphatic heterocycles. The van der Waals surface area contributed by atoms with E-state index < -0.39 is 0 Å². The average Bonchev–Trinajstić information content (AvgIpc) is 3.37. The van der Waals surface area contributed by atoms with Crippen molar-refractivity contribution in [3.8, 4) is 17.2 Å². The fraction of sp³-hybridized carbons (Fsp3) is 0.375. The van der Waals surface area contributed by atoms with E-state index in [4.69, 9.17) is 14.9 Å². The summed E-state index contributed by atoms with van der Waals surface area (Å²) in [7, 11) is 0. The molecule has 0 aliphatic carbocycles. The first-order valence-electron chi connectivity index (χ1n) is 11.1. The number of fused-ring (bicyclic) bond motifs is 1. The largest absolute Gasteiger partial charge is 0.487 e. The minimum absolute atomic E-state index is 0.164. The molecular weight excluding hydrogens is 422 g/mol. The van der Waals surface area contributed by atoms with E-state index in [0.29, 0.717) is 48.9 Å². The Balaban J connectivity index is 1.43. The van der Waals surface area contributed by atoms with E-state index in [-0.39, 0.29) is 23.3 Å². The van der Waals surface area contributed by atoms with E-state index in [0.717, 1.165) is 23.4 Å². The molecule has 0 atom stereocenters. The number of hydrogen-bond donors (Lipinski definition) is 3. The summed E-state index contributed by atoms with van der Waals surface area (Å²) in [6.07, 6.45) is 4.71. The van der Waals surface area contributed by atoms with Crippen molar-refractivity contribution < 1.29 is 19.1 Å². The number of carbonyl (C=O) groups excluding carboxylic acids is 1. The predicted octanol–water partition coefficient (Wildman–Crippen LogP) is 3.25. The maximum atomic E-state index is 13.1. The highest BCUT2D eigenvalue weighted by Crippen LogP contribution is 2.42. The van der Waals surface area contributed by atoms with Crippen molar-refractivity contribution in [2.45, 2.75) is 44.8 Å². The van der Waals surface area contributed by atoms with Gasteiger partial charge in [-0.3, -0.25) is 4.79 Å². The molecule has 33 heavy (non-hydrogen) atoms. The summed E-state index contributed by atoms with van der Waals surface area (Å²) < 4.78 is 11.6.